The number of carbonyl (C=O) groups is 2. The largest absolute Gasteiger partial charge is 0.370 e. The Balaban J connectivity index is 1.70. The van der Waals surface area contributed by atoms with E-state index in [1.165, 1.54) is 0 Å². The van der Waals surface area contributed by atoms with Gasteiger partial charge in [0.25, 0.3) is 0 Å². The molecule has 0 spiro atoms. The molecule has 1 unspecified atom stereocenters. The summed E-state index contributed by atoms with van der Waals surface area (Å²) in [7, 11) is 1.84. The van der Waals surface area contributed by atoms with Crippen molar-refractivity contribution < 1.29 is 14.3 Å². The quantitative estimate of drug-likeness (QED) is 0.893. The van der Waals surface area contributed by atoms with Crippen LogP contribution in [0.15, 0.2) is 36.7 Å². The smallest absolute Gasteiger partial charge is 0.248 e. The number of nitrogens with zero attached hydrogens (tertiary/aromatic N) is 3. The van der Waals surface area contributed by atoms with Crippen molar-refractivity contribution >= 4 is 11.8 Å². The van der Waals surface area contributed by atoms with Crippen LogP contribution in [0.5, 0.6) is 0 Å². The van der Waals surface area contributed by atoms with Gasteiger partial charge in [0.1, 0.15) is 6.10 Å². The second kappa shape index (κ2) is 6.84. The molecule has 1 aliphatic heterocycles. The molecule has 2 aromatic rings. The second-order valence-corrected chi connectivity index (χ2v) is 5.84. The van der Waals surface area contributed by atoms with E-state index in [1.807, 2.05) is 13.2 Å². The third-order valence-corrected chi connectivity index (χ3v) is 4.14. The minimum Gasteiger partial charge on any atom is -0.370 e. The predicted molar refractivity (Wildman–Crippen MR) is 87.1 cm³/mol. The second-order valence-electron chi connectivity index (χ2n) is 5.84. The van der Waals surface area contributed by atoms with Gasteiger partial charge in [-0.15, -0.1) is 0 Å². The van der Waals surface area contributed by atoms with Crippen molar-refractivity contribution in [3.05, 3.63) is 53.3 Å². The zero-order valence-electron chi connectivity index (χ0n) is 13.5. The molecule has 3 rings (SSSR count). The summed E-state index contributed by atoms with van der Waals surface area (Å²) >= 11 is 0. The van der Waals surface area contributed by atoms with Crippen molar-refractivity contribution in [3.63, 3.8) is 0 Å². The number of nitrogens with two attached hydrogens (primary N) is 1. The van der Waals surface area contributed by atoms with Crippen molar-refractivity contribution in [1.82, 2.24) is 14.7 Å². The minimum atomic E-state index is -0.520. The summed E-state index contributed by atoms with van der Waals surface area (Å²) in [5, 5.41) is 4.14. The zero-order valence-corrected chi connectivity index (χ0v) is 13.5. The molecule has 1 aliphatic rings. The molecule has 1 saturated heterocycles. The maximum atomic E-state index is 12.6. The summed E-state index contributed by atoms with van der Waals surface area (Å²) < 4.78 is 7.46. The summed E-state index contributed by atoms with van der Waals surface area (Å²) in [4.78, 5) is 25.9. The van der Waals surface area contributed by atoms with Crippen LogP contribution in [-0.2, 0) is 23.0 Å². The van der Waals surface area contributed by atoms with Crippen LogP contribution in [0.2, 0.25) is 0 Å². The Labute approximate surface area is 140 Å². The SMILES string of the molecule is Cn1cc(C2CN(C(=O)Cc3ccccc3C(N)=O)CCO2)cn1. The Kier molecular flexibility index (Phi) is 4.61. The first-order chi connectivity index (χ1) is 11.5. The van der Waals surface area contributed by atoms with Crippen molar-refractivity contribution in [2.75, 3.05) is 19.7 Å². The number of aromatic nitrogens is 2. The molecule has 0 bridgehead atoms. The molecule has 1 aromatic heterocycles. The van der Waals surface area contributed by atoms with Crippen LogP contribution < -0.4 is 5.73 Å². The van der Waals surface area contributed by atoms with Gasteiger partial charge in [-0.2, -0.15) is 5.10 Å². The van der Waals surface area contributed by atoms with Crippen molar-refractivity contribution in [3.8, 4) is 0 Å². The minimum absolute atomic E-state index is 0.0408. The Morgan fingerprint density at radius 1 is 1.38 bits per heavy atom. The van der Waals surface area contributed by atoms with E-state index in [-0.39, 0.29) is 18.4 Å². The van der Waals surface area contributed by atoms with E-state index in [9.17, 15) is 9.59 Å². The molecule has 7 nitrogen and oxygen atoms in total. The molecule has 2 amide bonds. The number of benzene rings is 1. The molecule has 7 heteroatoms. The van der Waals surface area contributed by atoms with Gasteiger partial charge in [0, 0.05) is 30.9 Å². The Hall–Kier alpha value is -2.67. The lowest BCUT2D eigenvalue weighted by Gasteiger charge is -2.32. The highest BCUT2D eigenvalue weighted by Crippen LogP contribution is 2.22. The number of rotatable bonds is 4. The van der Waals surface area contributed by atoms with Crippen LogP contribution in [-0.4, -0.2) is 46.2 Å². The van der Waals surface area contributed by atoms with Gasteiger partial charge >= 0.3 is 0 Å². The number of carbonyl (C=O) groups excluding carboxylic acids is 2. The third kappa shape index (κ3) is 3.46. The topological polar surface area (TPSA) is 90.5 Å². The number of morpholine rings is 1. The van der Waals surface area contributed by atoms with E-state index in [0.29, 0.717) is 30.8 Å². The van der Waals surface area contributed by atoms with Gasteiger partial charge in [-0.3, -0.25) is 14.3 Å². The summed E-state index contributed by atoms with van der Waals surface area (Å²) in [5.74, 6) is -0.561. The van der Waals surface area contributed by atoms with Crippen LogP contribution in [0, 0.1) is 0 Å². The molecular weight excluding hydrogens is 308 g/mol. The lowest BCUT2D eigenvalue weighted by molar-refractivity contribution is -0.138. The monoisotopic (exact) mass is 328 g/mol. The maximum absolute atomic E-state index is 12.6. The number of amides is 2. The first-order valence-electron chi connectivity index (χ1n) is 7.80. The molecule has 126 valence electrons. The molecule has 0 radical (unpaired) electrons. The number of hydrogen-bond donors (Lipinski definition) is 1. The Bertz CT molecular complexity index is 756. The molecule has 0 saturated carbocycles. The van der Waals surface area contributed by atoms with Gasteiger partial charge < -0.3 is 15.4 Å². The van der Waals surface area contributed by atoms with Gasteiger partial charge in [0.05, 0.1) is 25.8 Å². The van der Waals surface area contributed by atoms with Crippen molar-refractivity contribution in [2.24, 2.45) is 12.8 Å². The fraction of sp³-hybridized carbons (Fsp3) is 0.353. The van der Waals surface area contributed by atoms with E-state index in [2.05, 4.69) is 5.10 Å². The van der Waals surface area contributed by atoms with E-state index in [1.54, 1.807) is 40.0 Å². The van der Waals surface area contributed by atoms with Crippen molar-refractivity contribution in [2.45, 2.75) is 12.5 Å². The molecule has 24 heavy (non-hydrogen) atoms. The van der Waals surface area contributed by atoms with E-state index >= 15 is 0 Å². The van der Waals surface area contributed by atoms with Gasteiger partial charge in [0.2, 0.25) is 11.8 Å². The van der Waals surface area contributed by atoms with Gasteiger partial charge in [-0.1, -0.05) is 18.2 Å². The van der Waals surface area contributed by atoms with Crippen LogP contribution in [0.25, 0.3) is 0 Å². The summed E-state index contributed by atoms with van der Waals surface area (Å²) in [6.45, 7) is 1.49. The van der Waals surface area contributed by atoms with Crippen LogP contribution in [0.3, 0.4) is 0 Å². The average Bonchev–Trinajstić information content (AvgIpc) is 3.02. The molecule has 1 atom stereocenters. The Morgan fingerprint density at radius 2 is 2.17 bits per heavy atom. The standard InChI is InChI=1S/C17H20N4O3/c1-20-10-13(9-19-20)15-11-21(6-7-24-15)16(22)8-12-4-2-3-5-14(12)17(18)23/h2-5,9-10,15H,6-8,11H2,1H3,(H2,18,23). The third-order valence-electron chi connectivity index (χ3n) is 4.14. The zero-order chi connectivity index (χ0) is 17.1. The molecule has 2 N–H and O–H groups in total. The van der Waals surface area contributed by atoms with Gasteiger partial charge in [-0.05, 0) is 11.6 Å². The lowest BCUT2D eigenvalue weighted by Crippen LogP contribution is -2.43. The molecule has 1 fully saturated rings. The average molecular weight is 328 g/mol. The predicted octanol–water partition coefficient (Wildman–Crippen LogP) is 0.662. The first kappa shape index (κ1) is 16.2. The highest BCUT2D eigenvalue weighted by atomic mass is 16.5. The fourth-order valence-electron chi connectivity index (χ4n) is 2.87. The molecule has 0 aliphatic carbocycles. The highest BCUT2D eigenvalue weighted by Gasteiger charge is 2.26. The molecule has 1 aromatic carbocycles. The maximum Gasteiger partial charge on any atom is 0.248 e. The molecule has 2 heterocycles. The summed E-state index contributed by atoms with van der Waals surface area (Å²) in [6.07, 6.45) is 3.61. The lowest BCUT2D eigenvalue weighted by atomic mass is 10.0. The molecular formula is C17H20N4O3. The summed E-state index contributed by atoms with van der Waals surface area (Å²) in [6, 6.07) is 6.94. The fourth-order valence-corrected chi connectivity index (χ4v) is 2.87. The summed E-state index contributed by atoms with van der Waals surface area (Å²) in [5.41, 5.74) is 7.37. The number of primary amides is 1. The van der Waals surface area contributed by atoms with E-state index in [0.717, 1.165) is 5.56 Å². The van der Waals surface area contributed by atoms with Crippen LogP contribution in [0.4, 0.5) is 0 Å². The van der Waals surface area contributed by atoms with Crippen LogP contribution >= 0.6 is 0 Å². The van der Waals surface area contributed by atoms with Gasteiger partial charge in [0.15, 0.2) is 0 Å². The van der Waals surface area contributed by atoms with E-state index < -0.39 is 5.91 Å². The number of hydrogen-bond acceptors (Lipinski definition) is 4. The number of ether oxygens (including phenoxy) is 1. The Morgan fingerprint density at radius 3 is 2.88 bits per heavy atom. The van der Waals surface area contributed by atoms with Gasteiger partial charge in [-0.25, -0.2) is 0 Å². The normalized spacial score (nSPS) is 17.7. The number of aryl methyl sites for hydroxylation is 1. The highest BCUT2D eigenvalue weighted by molar-refractivity contribution is 5.95. The van der Waals surface area contributed by atoms with Crippen LogP contribution in [0.1, 0.15) is 27.6 Å². The van der Waals surface area contributed by atoms with Crippen molar-refractivity contribution in [1.29, 1.82) is 0 Å². The first-order valence-corrected chi connectivity index (χ1v) is 7.80. The van der Waals surface area contributed by atoms with E-state index in [4.69, 9.17) is 10.5 Å².